The highest BCUT2D eigenvalue weighted by atomic mass is 32.1. The molecule has 0 aromatic carbocycles. The Labute approximate surface area is 123 Å². The van der Waals surface area contributed by atoms with Crippen LogP contribution in [-0.4, -0.2) is 30.6 Å². The number of carbonyl (C=O) groups excluding carboxylic acids is 1. The number of nitrogens with one attached hydrogen (secondary N) is 1. The van der Waals surface area contributed by atoms with Crippen molar-refractivity contribution in [3.8, 4) is 0 Å². The van der Waals surface area contributed by atoms with Crippen LogP contribution in [0.3, 0.4) is 0 Å². The van der Waals surface area contributed by atoms with E-state index in [-0.39, 0.29) is 17.6 Å². The zero-order valence-electron chi connectivity index (χ0n) is 12.1. The topological polar surface area (TPSA) is 77.2 Å². The number of nitrogens with two attached hydrogens (primary N) is 1. The fourth-order valence-electron chi connectivity index (χ4n) is 2.73. The minimum Gasteiger partial charge on any atom is -0.380 e. The van der Waals surface area contributed by atoms with E-state index in [2.05, 4.69) is 10.3 Å². The van der Waals surface area contributed by atoms with Gasteiger partial charge in [0.15, 0.2) is 0 Å². The summed E-state index contributed by atoms with van der Waals surface area (Å²) in [7, 11) is 1.58. The van der Waals surface area contributed by atoms with Crippen LogP contribution >= 0.6 is 11.3 Å². The first-order valence-electron chi connectivity index (χ1n) is 7.06. The molecular formula is C14H23N3O2S. The quantitative estimate of drug-likeness (QED) is 0.838. The van der Waals surface area contributed by atoms with Gasteiger partial charge in [0.1, 0.15) is 5.01 Å². The summed E-state index contributed by atoms with van der Waals surface area (Å²) in [6, 6.07) is 0. The van der Waals surface area contributed by atoms with Crippen LogP contribution in [0.5, 0.6) is 0 Å². The molecule has 5 nitrogen and oxygen atoms in total. The number of nitrogens with zero attached hydrogens (tertiary/aromatic N) is 1. The van der Waals surface area contributed by atoms with Gasteiger partial charge in [0.05, 0.1) is 18.1 Å². The number of ether oxygens (including phenoxy) is 1. The lowest BCUT2D eigenvalue weighted by atomic mass is 9.98. The Hall–Kier alpha value is -0.980. The third-order valence-corrected chi connectivity index (χ3v) is 5.04. The molecule has 0 saturated heterocycles. The van der Waals surface area contributed by atoms with Crippen molar-refractivity contribution < 1.29 is 9.53 Å². The molecule has 0 spiro atoms. The summed E-state index contributed by atoms with van der Waals surface area (Å²) < 4.78 is 5.18. The van der Waals surface area contributed by atoms with Crippen molar-refractivity contribution in [1.29, 1.82) is 0 Å². The molecule has 1 aliphatic carbocycles. The molecule has 1 aromatic heterocycles. The second-order valence-electron chi connectivity index (χ2n) is 5.43. The van der Waals surface area contributed by atoms with Crippen molar-refractivity contribution in [3.63, 3.8) is 0 Å². The predicted molar refractivity (Wildman–Crippen MR) is 79.6 cm³/mol. The van der Waals surface area contributed by atoms with Crippen LogP contribution in [0.1, 0.15) is 42.8 Å². The van der Waals surface area contributed by atoms with Gasteiger partial charge in [-0.1, -0.05) is 12.8 Å². The van der Waals surface area contributed by atoms with Crippen LogP contribution in [0.2, 0.25) is 0 Å². The zero-order chi connectivity index (χ0) is 14.6. The van der Waals surface area contributed by atoms with Crippen LogP contribution in [0.4, 0.5) is 0 Å². The lowest BCUT2D eigenvalue weighted by Gasteiger charge is -2.29. The van der Waals surface area contributed by atoms with E-state index in [1.165, 1.54) is 0 Å². The molecule has 20 heavy (non-hydrogen) atoms. The highest BCUT2D eigenvalue weighted by Crippen LogP contribution is 2.40. The van der Waals surface area contributed by atoms with Crippen molar-refractivity contribution in [3.05, 3.63) is 16.1 Å². The number of carbonyl (C=O) groups is 1. The van der Waals surface area contributed by atoms with Crippen LogP contribution in [-0.2, 0) is 15.1 Å². The molecule has 1 aromatic rings. The molecule has 1 fully saturated rings. The lowest BCUT2D eigenvalue weighted by molar-refractivity contribution is -0.125. The molecule has 0 radical (unpaired) electrons. The lowest BCUT2D eigenvalue weighted by Crippen LogP contribution is -2.45. The number of thiazole rings is 1. The highest BCUT2D eigenvalue weighted by molar-refractivity contribution is 7.09. The molecule has 1 unspecified atom stereocenters. The molecule has 1 heterocycles. The number of methoxy groups -OCH3 is 1. The Bertz CT molecular complexity index is 451. The van der Waals surface area contributed by atoms with E-state index in [4.69, 9.17) is 10.5 Å². The van der Waals surface area contributed by atoms with Crippen molar-refractivity contribution in [2.45, 2.75) is 50.7 Å². The first kappa shape index (κ1) is 15.4. The Morgan fingerprint density at radius 2 is 2.30 bits per heavy atom. The van der Waals surface area contributed by atoms with E-state index in [1.54, 1.807) is 18.4 Å². The number of aryl methyl sites for hydroxylation is 1. The summed E-state index contributed by atoms with van der Waals surface area (Å²) in [6.07, 6.45) is 4.27. The van der Waals surface area contributed by atoms with Gasteiger partial charge in [-0.15, -0.1) is 11.3 Å². The molecule has 112 valence electrons. The zero-order valence-corrected chi connectivity index (χ0v) is 13.0. The van der Waals surface area contributed by atoms with Crippen LogP contribution in [0, 0.1) is 6.92 Å². The molecule has 1 aliphatic rings. The second-order valence-corrected chi connectivity index (χ2v) is 6.29. The monoisotopic (exact) mass is 297 g/mol. The summed E-state index contributed by atoms with van der Waals surface area (Å²) in [6.45, 7) is 2.34. The molecule has 3 N–H and O–H groups in total. The molecule has 0 bridgehead atoms. The molecular weight excluding hydrogens is 274 g/mol. The van der Waals surface area contributed by atoms with Gasteiger partial charge in [-0.3, -0.25) is 4.79 Å². The number of amides is 1. The highest BCUT2D eigenvalue weighted by Gasteiger charge is 2.39. The standard InChI is InChI=1S/C14H23N3O2S/c1-10-9-20-13(16-10)14(5-3-4-6-14)17-12(18)7-11(8-15)19-2/h9,11H,3-8,15H2,1-2H3,(H,17,18). The maximum atomic E-state index is 12.2. The van der Waals surface area contributed by atoms with Gasteiger partial charge in [0.25, 0.3) is 0 Å². The van der Waals surface area contributed by atoms with Crippen molar-refractivity contribution in [1.82, 2.24) is 10.3 Å². The van der Waals surface area contributed by atoms with Gasteiger partial charge >= 0.3 is 0 Å². The Balaban J connectivity index is 2.08. The summed E-state index contributed by atoms with van der Waals surface area (Å²) in [5.74, 6) is -0.00273. The van der Waals surface area contributed by atoms with E-state index in [9.17, 15) is 4.79 Å². The molecule has 1 saturated carbocycles. The van der Waals surface area contributed by atoms with Crippen LogP contribution in [0.15, 0.2) is 5.38 Å². The third kappa shape index (κ3) is 3.37. The SMILES string of the molecule is COC(CN)CC(=O)NC1(c2nc(C)cs2)CCCC1. The Kier molecular flexibility index (Phi) is 5.12. The largest absolute Gasteiger partial charge is 0.380 e. The normalized spacial score (nSPS) is 18.9. The average molecular weight is 297 g/mol. The van der Waals surface area contributed by atoms with Gasteiger partial charge in [0, 0.05) is 24.7 Å². The number of hydrogen-bond acceptors (Lipinski definition) is 5. The fraction of sp³-hybridized carbons (Fsp3) is 0.714. The van der Waals surface area contributed by atoms with Gasteiger partial charge < -0.3 is 15.8 Å². The second kappa shape index (κ2) is 6.65. The number of rotatable bonds is 6. The van der Waals surface area contributed by atoms with E-state index < -0.39 is 0 Å². The van der Waals surface area contributed by atoms with Crippen molar-refractivity contribution >= 4 is 17.2 Å². The molecule has 2 rings (SSSR count). The summed E-state index contributed by atoms with van der Waals surface area (Å²) >= 11 is 1.64. The van der Waals surface area contributed by atoms with Gasteiger partial charge in [-0.25, -0.2) is 4.98 Å². The van der Waals surface area contributed by atoms with Crippen molar-refractivity contribution in [2.24, 2.45) is 5.73 Å². The summed E-state index contributed by atoms with van der Waals surface area (Å²) in [5.41, 5.74) is 6.31. The number of aromatic nitrogens is 1. The predicted octanol–water partition coefficient (Wildman–Crippen LogP) is 1.70. The van der Waals surface area contributed by atoms with Gasteiger partial charge in [0.2, 0.25) is 5.91 Å². The summed E-state index contributed by atoms with van der Waals surface area (Å²) in [5, 5.41) is 6.27. The Morgan fingerprint density at radius 3 is 2.80 bits per heavy atom. The van der Waals surface area contributed by atoms with E-state index in [0.29, 0.717) is 13.0 Å². The Morgan fingerprint density at radius 1 is 1.60 bits per heavy atom. The minimum absolute atomic E-state index is 0.00273. The van der Waals surface area contributed by atoms with E-state index >= 15 is 0 Å². The fourth-order valence-corrected chi connectivity index (χ4v) is 3.74. The molecule has 1 amide bonds. The maximum absolute atomic E-state index is 12.2. The van der Waals surface area contributed by atoms with Gasteiger partial charge in [-0.2, -0.15) is 0 Å². The van der Waals surface area contributed by atoms with Crippen LogP contribution in [0.25, 0.3) is 0 Å². The maximum Gasteiger partial charge on any atom is 0.223 e. The van der Waals surface area contributed by atoms with Crippen LogP contribution < -0.4 is 11.1 Å². The average Bonchev–Trinajstić information content (AvgIpc) is 3.06. The van der Waals surface area contributed by atoms with E-state index in [1.807, 2.05) is 12.3 Å². The first-order valence-corrected chi connectivity index (χ1v) is 7.94. The molecule has 6 heteroatoms. The first-order chi connectivity index (χ1) is 9.59. The van der Waals surface area contributed by atoms with Crippen molar-refractivity contribution in [2.75, 3.05) is 13.7 Å². The van der Waals surface area contributed by atoms with Gasteiger partial charge in [-0.05, 0) is 19.8 Å². The minimum atomic E-state index is -0.275. The molecule has 0 aliphatic heterocycles. The summed E-state index contributed by atoms with van der Waals surface area (Å²) in [4.78, 5) is 16.8. The number of hydrogen-bond donors (Lipinski definition) is 2. The smallest absolute Gasteiger partial charge is 0.223 e. The third-order valence-electron chi connectivity index (χ3n) is 3.87. The van der Waals surface area contributed by atoms with E-state index in [0.717, 1.165) is 36.4 Å². The molecule has 1 atom stereocenters.